The maximum atomic E-state index is 12.8. The quantitative estimate of drug-likeness (QED) is 0.555. The zero-order chi connectivity index (χ0) is 22.7. The van der Waals surface area contributed by atoms with E-state index in [9.17, 15) is 18.0 Å². The van der Waals surface area contributed by atoms with Gasteiger partial charge in [-0.05, 0) is 44.0 Å². The van der Waals surface area contributed by atoms with Gasteiger partial charge in [-0.3, -0.25) is 9.36 Å². The maximum absolute atomic E-state index is 12.8. The van der Waals surface area contributed by atoms with Crippen LogP contribution in [0.2, 0.25) is 0 Å². The van der Waals surface area contributed by atoms with Gasteiger partial charge >= 0.3 is 5.76 Å². The largest absolute Gasteiger partial charge is 0.492 e. The van der Waals surface area contributed by atoms with E-state index in [4.69, 9.17) is 9.15 Å². The third kappa shape index (κ3) is 4.42. The van der Waals surface area contributed by atoms with Crippen molar-refractivity contribution < 1.29 is 22.4 Å². The minimum Gasteiger partial charge on any atom is -0.492 e. The third-order valence-electron chi connectivity index (χ3n) is 5.37. The summed E-state index contributed by atoms with van der Waals surface area (Å²) in [6.07, 6.45) is 1.71. The second-order valence-electron chi connectivity index (χ2n) is 7.49. The van der Waals surface area contributed by atoms with Crippen LogP contribution in [0, 0.1) is 0 Å². The number of anilines is 1. The summed E-state index contributed by atoms with van der Waals surface area (Å²) in [5, 5.41) is 2.79. The van der Waals surface area contributed by atoms with E-state index in [0.717, 1.165) is 12.8 Å². The number of hydrogen-bond acceptors (Lipinski definition) is 6. The van der Waals surface area contributed by atoms with Gasteiger partial charge in [0.2, 0.25) is 15.9 Å². The van der Waals surface area contributed by atoms with E-state index >= 15 is 0 Å². The molecule has 0 aliphatic carbocycles. The monoisotopic (exact) mass is 459 g/mol. The van der Waals surface area contributed by atoms with Gasteiger partial charge in [-0.1, -0.05) is 12.1 Å². The van der Waals surface area contributed by atoms with E-state index in [1.54, 1.807) is 24.3 Å². The first-order valence-electron chi connectivity index (χ1n) is 10.6. The molecule has 2 heterocycles. The lowest BCUT2D eigenvalue weighted by Crippen LogP contribution is -2.27. The number of para-hydroxylation sites is 2. The minimum absolute atomic E-state index is 0.0306. The van der Waals surface area contributed by atoms with Crippen molar-refractivity contribution in [2.75, 3.05) is 25.0 Å². The number of fused-ring (bicyclic) bond motifs is 1. The first-order chi connectivity index (χ1) is 15.4. The molecule has 0 radical (unpaired) electrons. The third-order valence-corrected chi connectivity index (χ3v) is 7.26. The van der Waals surface area contributed by atoms with E-state index in [1.807, 2.05) is 13.0 Å². The topological polar surface area (TPSA) is 111 Å². The Morgan fingerprint density at radius 2 is 1.91 bits per heavy atom. The molecule has 2 aromatic carbocycles. The Morgan fingerprint density at radius 1 is 1.16 bits per heavy atom. The summed E-state index contributed by atoms with van der Waals surface area (Å²) in [6.45, 7) is 3.40. The number of aromatic nitrogens is 1. The average Bonchev–Trinajstić information content (AvgIpc) is 3.41. The van der Waals surface area contributed by atoms with Gasteiger partial charge in [0.05, 0.1) is 22.7 Å². The molecule has 1 N–H and O–H groups in total. The van der Waals surface area contributed by atoms with Crippen molar-refractivity contribution in [2.45, 2.75) is 37.6 Å². The number of aryl methyl sites for hydroxylation is 1. The molecule has 4 rings (SSSR count). The predicted octanol–water partition coefficient (Wildman–Crippen LogP) is 2.81. The molecule has 0 saturated carbocycles. The summed E-state index contributed by atoms with van der Waals surface area (Å²) in [7, 11) is -3.62. The lowest BCUT2D eigenvalue weighted by molar-refractivity contribution is -0.116. The van der Waals surface area contributed by atoms with E-state index in [1.165, 1.54) is 21.0 Å². The van der Waals surface area contributed by atoms with Crippen molar-refractivity contribution in [3.05, 3.63) is 53.0 Å². The minimum atomic E-state index is -3.62. The van der Waals surface area contributed by atoms with Crippen LogP contribution in [0.15, 0.2) is 56.6 Å². The lowest BCUT2D eigenvalue weighted by Gasteiger charge is -2.15. The molecule has 32 heavy (non-hydrogen) atoms. The van der Waals surface area contributed by atoms with Gasteiger partial charge < -0.3 is 14.5 Å². The molecule has 1 amide bonds. The molecule has 1 fully saturated rings. The SMILES string of the molecule is CCOc1ccccc1NC(=O)CCn1c(=O)oc2cc(S(=O)(=O)N3CCCC3)ccc21. The number of hydrogen-bond donors (Lipinski definition) is 1. The summed E-state index contributed by atoms with van der Waals surface area (Å²) in [5.74, 6) is -0.356. The second kappa shape index (κ2) is 9.17. The number of nitrogens with one attached hydrogen (secondary N) is 1. The molecule has 10 heteroatoms. The Kier molecular flexibility index (Phi) is 6.33. The summed E-state index contributed by atoms with van der Waals surface area (Å²) in [5.41, 5.74) is 1.18. The average molecular weight is 460 g/mol. The lowest BCUT2D eigenvalue weighted by atomic mass is 10.2. The Bertz CT molecular complexity index is 1290. The van der Waals surface area contributed by atoms with Crippen molar-refractivity contribution in [1.29, 1.82) is 0 Å². The van der Waals surface area contributed by atoms with Gasteiger partial charge in [0, 0.05) is 32.1 Å². The Balaban J connectivity index is 1.50. The first-order valence-corrected chi connectivity index (χ1v) is 12.0. The highest BCUT2D eigenvalue weighted by molar-refractivity contribution is 7.89. The summed E-state index contributed by atoms with van der Waals surface area (Å²) >= 11 is 0. The molecule has 0 unspecified atom stereocenters. The van der Waals surface area contributed by atoms with Crippen LogP contribution in [0.1, 0.15) is 26.2 Å². The molecular formula is C22H25N3O6S. The van der Waals surface area contributed by atoms with Crippen LogP contribution in [0.3, 0.4) is 0 Å². The zero-order valence-electron chi connectivity index (χ0n) is 17.7. The zero-order valence-corrected chi connectivity index (χ0v) is 18.6. The number of oxazole rings is 1. The van der Waals surface area contributed by atoms with Crippen LogP contribution in [-0.4, -0.2) is 42.9 Å². The van der Waals surface area contributed by atoms with E-state index in [0.29, 0.717) is 36.6 Å². The normalized spacial score (nSPS) is 14.7. The Hall–Kier alpha value is -3.11. The number of benzene rings is 2. The summed E-state index contributed by atoms with van der Waals surface area (Å²) in [6, 6.07) is 11.5. The molecule has 0 atom stereocenters. The summed E-state index contributed by atoms with van der Waals surface area (Å²) < 4.78 is 39.1. The molecule has 170 valence electrons. The number of nitrogens with zero attached hydrogens (tertiary/aromatic N) is 2. The molecule has 1 aliphatic rings. The number of rotatable bonds is 8. The molecule has 0 spiro atoms. The van der Waals surface area contributed by atoms with Gasteiger partial charge in [-0.2, -0.15) is 4.31 Å². The molecule has 1 aromatic heterocycles. The Morgan fingerprint density at radius 3 is 2.66 bits per heavy atom. The first kappa shape index (κ1) is 22.1. The Labute approximate surface area is 185 Å². The van der Waals surface area contributed by atoms with Crippen LogP contribution < -0.4 is 15.8 Å². The van der Waals surface area contributed by atoms with Gasteiger partial charge in [0.1, 0.15) is 5.75 Å². The molecule has 3 aromatic rings. The maximum Gasteiger partial charge on any atom is 0.419 e. The highest BCUT2D eigenvalue weighted by Crippen LogP contribution is 2.25. The number of ether oxygens (including phenoxy) is 1. The van der Waals surface area contributed by atoms with Crippen LogP contribution in [0.4, 0.5) is 5.69 Å². The number of sulfonamides is 1. The van der Waals surface area contributed by atoms with Gasteiger partial charge in [-0.15, -0.1) is 0 Å². The van der Waals surface area contributed by atoms with Crippen molar-refractivity contribution >= 4 is 32.7 Å². The fraction of sp³-hybridized carbons (Fsp3) is 0.364. The van der Waals surface area contributed by atoms with Crippen LogP contribution in [0.25, 0.3) is 11.1 Å². The van der Waals surface area contributed by atoms with Gasteiger partial charge in [0.25, 0.3) is 0 Å². The van der Waals surface area contributed by atoms with Crippen LogP contribution in [0.5, 0.6) is 5.75 Å². The fourth-order valence-electron chi connectivity index (χ4n) is 3.77. The summed E-state index contributed by atoms with van der Waals surface area (Å²) in [4.78, 5) is 24.9. The van der Waals surface area contributed by atoms with Gasteiger partial charge in [-0.25, -0.2) is 13.2 Å². The highest BCUT2D eigenvalue weighted by Gasteiger charge is 2.28. The molecule has 1 aliphatic heterocycles. The van der Waals surface area contributed by atoms with E-state index in [-0.39, 0.29) is 29.4 Å². The van der Waals surface area contributed by atoms with E-state index in [2.05, 4.69) is 5.32 Å². The fourth-order valence-corrected chi connectivity index (χ4v) is 5.31. The van der Waals surface area contributed by atoms with Gasteiger partial charge in [0.15, 0.2) is 5.58 Å². The van der Waals surface area contributed by atoms with Crippen molar-refractivity contribution in [1.82, 2.24) is 8.87 Å². The predicted molar refractivity (Wildman–Crippen MR) is 119 cm³/mol. The van der Waals surface area contributed by atoms with Crippen molar-refractivity contribution in [3.63, 3.8) is 0 Å². The molecule has 0 bridgehead atoms. The number of carbonyl (C=O) groups is 1. The van der Waals surface area contributed by atoms with E-state index < -0.39 is 15.8 Å². The second-order valence-corrected chi connectivity index (χ2v) is 9.43. The molecular weight excluding hydrogens is 434 g/mol. The standard InChI is InChI=1S/C22H25N3O6S/c1-2-30-19-8-4-3-7-17(19)23-21(26)11-14-25-18-10-9-16(15-20(18)31-22(25)27)32(28,29)24-12-5-6-13-24/h3-4,7-10,15H,2,5-6,11-14H2,1H3,(H,23,26). The van der Waals surface area contributed by atoms with Crippen molar-refractivity contribution in [3.8, 4) is 5.75 Å². The van der Waals surface area contributed by atoms with Crippen molar-refractivity contribution in [2.24, 2.45) is 0 Å². The van der Waals surface area contributed by atoms with Crippen LogP contribution in [-0.2, 0) is 21.4 Å². The number of carbonyl (C=O) groups excluding carboxylic acids is 1. The van der Waals surface area contributed by atoms with Crippen LogP contribution >= 0.6 is 0 Å². The highest BCUT2D eigenvalue weighted by atomic mass is 32.2. The number of amides is 1. The molecule has 1 saturated heterocycles. The smallest absolute Gasteiger partial charge is 0.419 e. The molecule has 9 nitrogen and oxygen atoms in total.